The van der Waals surface area contributed by atoms with Gasteiger partial charge in [0.15, 0.2) is 6.29 Å². The predicted octanol–water partition coefficient (Wildman–Crippen LogP) is 4.84. The standard InChI is InChI=1S/C22H40O4/c1-9-19-14(5)13(4)15(6)22(25-19)26-21-16(7)18(11-12(3)23)17(8)24-20(21)10-2/h13-22H,9-11H2,1-8H3/t13-,14?,15?,16+,17?,18?,19?,20?,21-,22-/m0/s1. The molecule has 0 radical (unpaired) electrons. The first-order chi connectivity index (χ1) is 12.2. The highest BCUT2D eigenvalue weighted by Crippen LogP contribution is 2.41. The number of Topliss-reactive ketones (excluding diaryl/α,β-unsaturated/α-hetero) is 1. The maximum atomic E-state index is 11.7. The first-order valence-corrected chi connectivity index (χ1v) is 10.7. The molecular formula is C22H40O4. The van der Waals surface area contributed by atoms with Gasteiger partial charge in [-0.15, -0.1) is 0 Å². The van der Waals surface area contributed by atoms with Crippen LogP contribution < -0.4 is 0 Å². The number of ether oxygens (including phenoxy) is 3. The van der Waals surface area contributed by atoms with E-state index in [4.69, 9.17) is 14.2 Å². The topological polar surface area (TPSA) is 44.8 Å². The van der Waals surface area contributed by atoms with E-state index in [0.29, 0.717) is 24.2 Å². The van der Waals surface area contributed by atoms with Crippen molar-refractivity contribution in [3.8, 4) is 0 Å². The van der Waals surface area contributed by atoms with Gasteiger partial charge >= 0.3 is 0 Å². The molecule has 4 heteroatoms. The van der Waals surface area contributed by atoms with Crippen LogP contribution in [-0.2, 0) is 19.0 Å². The van der Waals surface area contributed by atoms with E-state index in [1.54, 1.807) is 6.92 Å². The van der Waals surface area contributed by atoms with Gasteiger partial charge in [-0.25, -0.2) is 0 Å². The molecule has 26 heavy (non-hydrogen) atoms. The number of carbonyl (C=O) groups is 1. The van der Waals surface area contributed by atoms with Crippen LogP contribution in [0.1, 0.15) is 74.7 Å². The third-order valence-electron chi connectivity index (χ3n) is 7.15. The van der Waals surface area contributed by atoms with E-state index in [9.17, 15) is 4.79 Å². The number of carbonyl (C=O) groups excluding carboxylic acids is 1. The molecular weight excluding hydrogens is 328 g/mol. The van der Waals surface area contributed by atoms with E-state index in [0.717, 1.165) is 12.8 Å². The zero-order valence-electron chi connectivity index (χ0n) is 18.0. The Morgan fingerprint density at radius 3 is 2.00 bits per heavy atom. The van der Waals surface area contributed by atoms with Crippen molar-refractivity contribution in [1.82, 2.24) is 0 Å². The highest BCUT2D eigenvalue weighted by molar-refractivity contribution is 5.75. The molecule has 2 aliphatic heterocycles. The van der Waals surface area contributed by atoms with Gasteiger partial charge in [-0.05, 0) is 50.4 Å². The molecule has 2 rings (SSSR count). The number of hydrogen-bond acceptors (Lipinski definition) is 4. The Kier molecular flexibility index (Phi) is 7.70. The van der Waals surface area contributed by atoms with E-state index in [1.807, 2.05) is 0 Å². The van der Waals surface area contributed by atoms with Crippen LogP contribution in [0.2, 0.25) is 0 Å². The molecule has 0 saturated carbocycles. The maximum absolute atomic E-state index is 11.7. The highest BCUT2D eigenvalue weighted by atomic mass is 16.7. The predicted molar refractivity (Wildman–Crippen MR) is 104 cm³/mol. The maximum Gasteiger partial charge on any atom is 0.161 e. The summed E-state index contributed by atoms with van der Waals surface area (Å²) in [6.45, 7) is 17.2. The zero-order valence-corrected chi connectivity index (χ0v) is 18.0. The zero-order chi connectivity index (χ0) is 19.6. The van der Waals surface area contributed by atoms with Crippen LogP contribution in [0.3, 0.4) is 0 Å². The summed E-state index contributed by atoms with van der Waals surface area (Å²) in [7, 11) is 0. The second kappa shape index (κ2) is 9.16. The molecule has 0 aromatic heterocycles. The molecule has 0 aromatic carbocycles. The van der Waals surface area contributed by atoms with Gasteiger partial charge in [0, 0.05) is 12.3 Å². The minimum atomic E-state index is -0.192. The third kappa shape index (κ3) is 4.51. The van der Waals surface area contributed by atoms with Crippen molar-refractivity contribution in [2.75, 3.05) is 0 Å². The average Bonchev–Trinajstić information content (AvgIpc) is 2.60. The van der Waals surface area contributed by atoms with Crippen LogP contribution >= 0.6 is 0 Å². The Balaban J connectivity index is 2.16. The van der Waals surface area contributed by atoms with Crippen LogP contribution in [0.25, 0.3) is 0 Å². The van der Waals surface area contributed by atoms with Crippen molar-refractivity contribution in [3.63, 3.8) is 0 Å². The second-order valence-electron chi connectivity index (χ2n) is 8.85. The molecule has 152 valence electrons. The molecule has 6 unspecified atom stereocenters. The molecule has 2 saturated heterocycles. The van der Waals surface area contributed by atoms with Crippen molar-refractivity contribution < 1.29 is 19.0 Å². The molecule has 2 fully saturated rings. The van der Waals surface area contributed by atoms with Crippen molar-refractivity contribution >= 4 is 5.78 Å². The Labute approximate surface area is 160 Å². The first-order valence-electron chi connectivity index (χ1n) is 10.7. The number of rotatable bonds is 6. The van der Waals surface area contributed by atoms with Crippen molar-refractivity contribution in [2.45, 2.75) is 105 Å². The Morgan fingerprint density at radius 2 is 1.46 bits per heavy atom. The Morgan fingerprint density at radius 1 is 0.846 bits per heavy atom. The lowest BCUT2D eigenvalue weighted by Gasteiger charge is -2.49. The van der Waals surface area contributed by atoms with Gasteiger partial charge < -0.3 is 19.0 Å². The molecule has 0 spiro atoms. The van der Waals surface area contributed by atoms with E-state index in [1.165, 1.54) is 0 Å². The average molecular weight is 369 g/mol. The van der Waals surface area contributed by atoms with Crippen LogP contribution in [0.5, 0.6) is 0 Å². The van der Waals surface area contributed by atoms with Crippen molar-refractivity contribution in [2.24, 2.45) is 29.6 Å². The summed E-state index contributed by atoms with van der Waals surface area (Å²) in [5.41, 5.74) is 0. The van der Waals surface area contributed by atoms with Crippen LogP contribution in [0, 0.1) is 29.6 Å². The molecule has 0 amide bonds. The normalized spacial score (nSPS) is 46.9. The van der Waals surface area contributed by atoms with Gasteiger partial charge in [0.05, 0.1) is 24.4 Å². The lowest BCUT2D eigenvalue weighted by Crippen LogP contribution is -2.54. The lowest BCUT2D eigenvalue weighted by atomic mass is 9.76. The summed E-state index contributed by atoms with van der Waals surface area (Å²) >= 11 is 0. The van der Waals surface area contributed by atoms with E-state index in [-0.39, 0.29) is 48.3 Å². The minimum absolute atomic E-state index is 0.0221. The first kappa shape index (κ1) is 21.8. The molecule has 0 aromatic rings. The molecule has 0 aliphatic carbocycles. The van der Waals surface area contributed by atoms with Gasteiger partial charge in [0.1, 0.15) is 5.78 Å². The minimum Gasteiger partial charge on any atom is -0.372 e. The summed E-state index contributed by atoms with van der Waals surface area (Å²) in [5, 5.41) is 0. The molecule has 0 bridgehead atoms. The Hall–Kier alpha value is -0.450. The van der Waals surface area contributed by atoms with Gasteiger partial charge in [-0.2, -0.15) is 0 Å². The molecule has 0 N–H and O–H groups in total. The number of ketones is 1. The van der Waals surface area contributed by atoms with E-state index >= 15 is 0 Å². The van der Waals surface area contributed by atoms with Crippen LogP contribution in [0.4, 0.5) is 0 Å². The van der Waals surface area contributed by atoms with E-state index < -0.39 is 0 Å². The summed E-state index contributed by atoms with van der Waals surface area (Å²) < 4.78 is 19.3. The van der Waals surface area contributed by atoms with Gasteiger partial charge in [0.2, 0.25) is 0 Å². The summed E-state index contributed by atoms with van der Waals surface area (Å²) in [6, 6.07) is 0. The van der Waals surface area contributed by atoms with Gasteiger partial charge in [-0.3, -0.25) is 0 Å². The van der Waals surface area contributed by atoms with Crippen molar-refractivity contribution in [3.05, 3.63) is 0 Å². The molecule has 2 aliphatic rings. The summed E-state index contributed by atoms with van der Waals surface area (Å²) in [4.78, 5) is 11.7. The molecule has 10 atom stereocenters. The monoisotopic (exact) mass is 368 g/mol. The van der Waals surface area contributed by atoms with Crippen molar-refractivity contribution in [1.29, 1.82) is 0 Å². The molecule has 2 heterocycles. The largest absolute Gasteiger partial charge is 0.372 e. The molecule has 4 nitrogen and oxygen atoms in total. The lowest BCUT2D eigenvalue weighted by molar-refractivity contribution is -0.300. The fourth-order valence-electron chi connectivity index (χ4n) is 4.95. The third-order valence-corrected chi connectivity index (χ3v) is 7.15. The smallest absolute Gasteiger partial charge is 0.161 e. The van der Waals surface area contributed by atoms with Crippen LogP contribution in [0.15, 0.2) is 0 Å². The Bertz CT molecular complexity index is 463. The van der Waals surface area contributed by atoms with Gasteiger partial charge in [0.25, 0.3) is 0 Å². The fraction of sp³-hybridized carbons (Fsp3) is 0.955. The SMILES string of the molecule is CCC1O[C@@H](O[C@@H]2C(CC)OC(C)C(CC(C)=O)[C@H]2C)C(C)[C@@H](C)C1C. The summed E-state index contributed by atoms with van der Waals surface area (Å²) in [5.74, 6) is 2.16. The number of hydrogen-bond donors (Lipinski definition) is 0. The van der Waals surface area contributed by atoms with Crippen LogP contribution in [-0.4, -0.2) is 36.5 Å². The summed E-state index contributed by atoms with van der Waals surface area (Å²) in [6.07, 6.45) is 2.67. The van der Waals surface area contributed by atoms with E-state index in [2.05, 4.69) is 48.5 Å². The quantitative estimate of drug-likeness (QED) is 0.673. The fourth-order valence-corrected chi connectivity index (χ4v) is 4.95. The second-order valence-corrected chi connectivity index (χ2v) is 8.85. The highest BCUT2D eigenvalue weighted by Gasteiger charge is 2.46. The van der Waals surface area contributed by atoms with Gasteiger partial charge in [-0.1, -0.05) is 41.5 Å².